The predicted octanol–water partition coefficient (Wildman–Crippen LogP) is 1.42. The Morgan fingerprint density at radius 3 is 2.64 bits per heavy atom. The second-order valence-electron chi connectivity index (χ2n) is 7.34. The van der Waals surface area contributed by atoms with E-state index in [4.69, 9.17) is 11.6 Å². The lowest BCUT2D eigenvalue weighted by Gasteiger charge is -2.38. The van der Waals surface area contributed by atoms with Gasteiger partial charge in [0.05, 0.1) is 37.6 Å². The third kappa shape index (κ3) is 3.70. The summed E-state index contributed by atoms with van der Waals surface area (Å²) >= 11 is 6.11. The van der Waals surface area contributed by atoms with Gasteiger partial charge in [0.25, 0.3) is 5.91 Å². The highest BCUT2D eigenvalue weighted by Gasteiger charge is 2.35. The van der Waals surface area contributed by atoms with Crippen LogP contribution >= 0.6 is 11.6 Å². The number of amides is 2. The van der Waals surface area contributed by atoms with Crippen LogP contribution in [-0.4, -0.2) is 50.6 Å². The van der Waals surface area contributed by atoms with Crippen LogP contribution in [0.25, 0.3) is 0 Å². The van der Waals surface area contributed by atoms with Crippen molar-refractivity contribution in [1.82, 2.24) is 0 Å². The molecular formula is C21H24ClN4O2+. The van der Waals surface area contributed by atoms with Crippen molar-refractivity contribution in [3.8, 4) is 0 Å². The fourth-order valence-electron chi connectivity index (χ4n) is 4.00. The normalized spacial score (nSPS) is 18.4. The topological polar surface area (TPSA) is 57.1 Å². The summed E-state index contributed by atoms with van der Waals surface area (Å²) in [7, 11) is 0. The van der Waals surface area contributed by atoms with Crippen LogP contribution in [0.4, 0.5) is 17.1 Å². The van der Waals surface area contributed by atoms with E-state index in [-0.39, 0.29) is 24.4 Å². The molecule has 1 fully saturated rings. The average molecular weight is 400 g/mol. The second kappa shape index (κ2) is 7.81. The summed E-state index contributed by atoms with van der Waals surface area (Å²) in [4.78, 5) is 30.4. The molecular weight excluding hydrogens is 376 g/mol. The predicted molar refractivity (Wildman–Crippen MR) is 111 cm³/mol. The molecule has 2 amide bonds. The molecule has 2 aliphatic heterocycles. The molecule has 0 aliphatic carbocycles. The van der Waals surface area contributed by atoms with Crippen molar-refractivity contribution in [1.29, 1.82) is 0 Å². The third-order valence-electron chi connectivity index (χ3n) is 5.60. The summed E-state index contributed by atoms with van der Waals surface area (Å²) in [6, 6.07) is 15.1. The Morgan fingerprint density at radius 1 is 1.14 bits per heavy atom. The van der Waals surface area contributed by atoms with Crippen molar-refractivity contribution in [2.24, 2.45) is 0 Å². The molecule has 2 N–H and O–H groups in total. The lowest BCUT2D eigenvalue weighted by molar-refractivity contribution is -0.914. The minimum Gasteiger partial charge on any atom is -0.360 e. The SMILES string of the molecule is C[C@@H](C(=O)N1CC(=O)Nc2ccccc21)[NH+]1CCN(c2cccc(Cl)c2)CC1. The van der Waals surface area contributed by atoms with Crippen LogP contribution in [0.1, 0.15) is 6.92 Å². The number of rotatable bonds is 3. The molecule has 0 spiro atoms. The molecule has 1 saturated heterocycles. The maximum absolute atomic E-state index is 13.2. The number of fused-ring (bicyclic) bond motifs is 1. The van der Waals surface area contributed by atoms with Crippen molar-refractivity contribution in [2.45, 2.75) is 13.0 Å². The minimum atomic E-state index is -0.208. The zero-order chi connectivity index (χ0) is 19.7. The second-order valence-corrected chi connectivity index (χ2v) is 7.77. The summed E-state index contributed by atoms with van der Waals surface area (Å²) < 4.78 is 0. The smallest absolute Gasteiger partial charge is 0.285 e. The molecule has 0 radical (unpaired) electrons. The molecule has 7 heteroatoms. The lowest BCUT2D eigenvalue weighted by Crippen LogP contribution is -3.19. The third-order valence-corrected chi connectivity index (χ3v) is 5.83. The monoisotopic (exact) mass is 399 g/mol. The van der Waals surface area contributed by atoms with Gasteiger partial charge in [-0.15, -0.1) is 0 Å². The Labute approximate surface area is 169 Å². The van der Waals surface area contributed by atoms with E-state index in [2.05, 4.69) is 16.3 Å². The van der Waals surface area contributed by atoms with Crippen molar-refractivity contribution in [2.75, 3.05) is 47.8 Å². The van der Waals surface area contributed by atoms with Gasteiger partial charge in [-0.2, -0.15) is 0 Å². The number of quaternary nitrogens is 1. The number of hydrogen-bond donors (Lipinski definition) is 2. The summed E-state index contributed by atoms with van der Waals surface area (Å²) in [6.45, 7) is 5.49. The van der Waals surface area contributed by atoms with Gasteiger partial charge in [-0.05, 0) is 37.3 Å². The Kier molecular flexibility index (Phi) is 5.24. The molecule has 2 aliphatic rings. The summed E-state index contributed by atoms with van der Waals surface area (Å²) in [6.07, 6.45) is 0. The molecule has 4 rings (SSSR count). The molecule has 2 aromatic rings. The maximum Gasteiger partial charge on any atom is 0.285 e. The molecule has 0 saturated carbocycles. The number of anilines is 3. The van der Waals surface area contributed by atoms with Gasteiger partial charge >= 0.3 is 0 Å². The van der Waals surface area contributed by atoms with Crippen LogP contribution < -0.4 is 20.0 Å². The van der Waals surface area contributed by atoms with Gasteiger partial charge in [0.15, 0.2) is 6.04 Å². The molecule has 6 nitrogen and oxygen atoms in total. The number of nitrogens with zero attached hydrogens (tertiary/aromatic N) is 2. The lowest BCUT2D eigenvalue weighted by atomic mass is 10.1. The molecule has 146 valence electrons. The largest absolute Gasteiger partial charge is 0.360 e. The number of benzene rings is 2. The Bertz CT molecular complexity index is 895. The van der Waals surface area contributed by atoms with E-state index in [9.17, 15) is 9.59 Å². The van der Waals surface area contributed by atoms with Crippen molar-refractivity contribution in [3.63, 3.8) is 0 Å². The van der Waals surface area contributed by atoms with E-state index in [1.165, 1.54) is 4.90 Å². The van der Waals surface area contributed by atoms with Crippen LogP contribution in [0.5, 0.6) is 0 Å². The fourth-order valence-corrected chi connectivity index (χ4v) is 4.18. The van der Waals surface area contributed by atoms with E-state index in [0.29, 0.717) is 5.69 Å². The van der Waals surface area contributed by atoms with Gasteiger partial charge in [-0.3, -0.25) is 14.5 Å². The first-order chi connectivity index (χ1) is 13.5. The first kappa shape index (κ1) is 18.8. The standard InChI is InChI=1S/C21H23ClN4O2/c1-15(21(28)26-14-20(27)23-18-7-2-3-8-19(18)26)24-9-11-25(12-10-24)17-6-4-5-16(22)13-17/h2-8,13,15H,9-12,14H2,1H3,(H,23,27)/p+1/t15-/m0/s1. The van der Waals surface area contributed by atoms with E-state index in [0.717, 1.165) is 42.6 Å². The molecule has 1 atom stereocenters. The molecule has 2 aromatic carbocycles. The van der Waals surface area contributed by atoms with Gasteiger partial charge in [0.1, 0.15) is 6.54 Å². The number of halogens is 1. The number of carbonyl (C=O) groups is 2. The quantitative estimate of drug-likeness (QED) is 0.820. The molecule has 0 unspecified atom stereocenters. The zero-order valence-corrected chi connectivity index (χ0v) is 16.6. The van der Waals surface area contributed by atoms with Crippen molar-refractivity contribution in [3.05, 3.63) is 53.6 Å². The van der Waals surface area contributed by atoms with Gasteiger partial charge < -0.3 is 15.1 Å². The number of carbonyl (C=O) groups excluding carboxylic acids is 2. The number of nitrogens with one attached hydrogen (secondary N) is 2. The Balaban J connectivity index is 1.43. The van der Waals surface area contributed by atoms with Crippen LogP contribution in [0.2, 0.25) is 5.02 Å². The number of piperazine rings is 1. The van der Waals surface area contributed by atoms with Gasteiger partial charge in [0, 0.05) is 10.7 Å². The van der Waals surface area contributed by atoms with Crippen LogP contribution in [0, 0.1) is 0 Å². The van der Waals surface area contributed by atoms with Crippen molar-refractivity contribution < 1.29 is 14.5 Å². The first-order valence-electron chi connectivity index (χ1n) is 9.58. The molecule has 2 heterocycles. The molecule has 0 bridgehead atoms. The highest BCUT2D eigenvalue weighted by atomic mass is 35.5. The minimum absolute atomic E-state index is 0.00601. The summed E-state index contributed by atoms with van der Waals surface area (Å²) in [5.74, 6) is -0.159. The van der Waals surface area contributed by atoms with Gasteiger partial charge in [-0.1, -0.05) is 29.8 Å². The number of para-hydroxylation sites is 2. The van der Waals surface area contributed by atoms with E-state index >= 15 is 0 Å². The number of hydrogen-bond acceptors (Lipinski definition) is 3. The van der Waals surface area contributed by atoms with Crippen LogP contribution in [0.3, 0.4) is 0 Å². The maximum atomic E-state index is 13.2. The molecule has 0 aromatic heterocycles. The first-order valence-corrected chi connectivity index (χ1v) is 9.96. The van der Waals surface area contributed by atoms with E-state index in [1.54, 1.807) is 4.90 Å². The fraction of sp³-hybridized carbons (Fsp3) is 0.333. The van der Waals surface area contributed by atoms with Crippen molar-refractivity contribution >= 4 is 40.5 Å². The van der Waals surface area contributed by atoms with Crippen LogP contribution in [-0.2, 0) is 9.59 Å². The summed E-state index contributed by atoms with van der Waals surface area (Å²) in [5, 5.41) is 3.57. The molecule has 28 heavy (non-hydrogen) atoms. The van der Waals surface area contributed by atoms with E-state index < -0.39 is 0 Å². The van der Waals surface area contributed by atoms with Gasteiger partial charge in [-0.25, -0.2) is 0 Å². The Hall–Kier alpha value is -2.57. The highest BCUT2D eigenvalue weighted by molar-refractivity contribution is 6.30. The summed E-state index contributed by atoms with van der Waals surface area (Å²) in [5.41, 5.74) is 2.59. The van der Waals surface area contributed by atoms with Crippen LogP contribution in [0.15, 0.2) is 48.5 Å². The zero-order valence-electron chi connectivity index (χ0n) is 15.8. The van der Waals surface area contributed by atoms with Gasteiger partial charge in [0.2, 0.25) is 5.91 Å². The van der Waals surface area contributed by atoms with E-state index in [1.807, 2.05) is 49.4 Å². The average Bonchev–Trinajstić information content (AvgIpc) is 2.72. The Morgan fingerprint density at radius 2 is 1.89 bits per heavy atom. The highest BCUT2D eigenvalue weighted by Crippen LogP contribution is 2.29.